The Bertz CT molecular complexity index is 321. The van der Waals surface area contributed by atoms with Crippen LogP contribution in [0.1, 0.15) is 11.7 Å². The second-order valence-corrected chi connectivity index (χ2v) is 3.82. The highest BCUT2D eigenvalue weighted by Crippen LogP contribution is 2.35. The van der Waals surface area contributed by atoms with Crippen molar-refractivity contribution in [1.82, 2.24) is 0 Å². The van der Waals surface area contributed by atoms with Crippen LogP contribution in [0.4, 0.5) is 4.39 Å². The third-order valence-corrected chi connectivity index (χ3v) is 2.42. The van der Waals surface area contributed by atoms with E-state index in [2.05, 4.69) is 15.9 Å². The molecular formula is C8H8BrClFNO. The van der Waals surface area contributed by atoms with Gasteiger partial charge in [0.25, 0.3) is 0 Å². The van der Waals surface area contributed by atoms with E-state index < -0.39 is 6.17 Å². The fraction of sp³-hybridized carbons (Fsp3) is 0.250. The molecule has 0 aliphatic rings. The highest BCUT2D eigenvalue weighted by molar-refractivity contribution is 9.10. The molecule has 0 aromatic heterocycles. The monoisotopic (exact) mass is 267 g/mol. The van der Waals surface area contributed by atoms with Gasteiger partial charge in [-0.15, -0.1) is 0 Å². The van der Waals surface area contributed by atoms with Crippen molar-refractivity contribution in [3.8, 4) is 5.75 Å². The zero-order valence-electron chi connectivity index (χ0n) is 6.60. The first kappa shape index (κ1) is 10.8. The van der Waals surface area contributed by atoms with Crippen LogP contribution in [0.3, 0.4) is 0 Å². The highest BCUT2D eigenvalue weighted by Gasteiger charge is 2.15. The van der Waals surface area contributed by atoms with Crippen molar-refractivity contribution in [2.24, 2.45) is 5.73 Å². The number of benzene rings is 1. The molecule has 0 aliphatic carbocycles. The van der Waals surface area contributed by atoms with Crippen LogP contribution in [-0.2, 0) is 0 Å². The maximum atomic E-state index is 13.1. The number of aromatic hydroxyl groups is 1. The number of rotatable bonds is 2. The molecule has 13 heavy (non-hydrogen) atoms. The van der Waals surface area contributed by atoms with E-state index in [0.29, 0.717) is 9.50 Å². The number of nitrogens with two attached hydrogens (primary N) is 1. The number of phenols is 1. The third-order valence-electron chi connectivity index (χ3n) is 1.60. The molecule has 1 aromatic rings. The Hall–Kier alpha value is -0.320. The number of alkyl halides is 1. The molecule has 1 atom stereocenters. The topological polar surface area (TPSA) is 46.2 Å². The van der Waals surface area contributed by atoms with E-state index >= 15 is 0 Å². The van der Waals surface area contributed by atoms with Gasteiger partial charge in [-0.1, -0.05) is 11.6 Å². The largest absolute Gasteiger partial charge is 0.506 e. The van der Waals surface area contributed by atoms with Gasteiger partial charge in [-0.05, 0) is 28.1 Å². The molecule has 0 fully saturated rings. The van der Waals surface area contributed by atoms with Gasteiger partial charge >= 0.3 is 0 Å². The molecule has 0 heterocycles. The lowest BCUT2D eigenvalue weighted by Crippen LogP contribution is -2.07. The predicted octanol–water partition coefficient (Wildman–Crippen LogP) is 2.78. The first-order chi connectivity index (χ1) is 6.06. The maximum Gasteiger partial charge on any atom is 0.141 e. The van der Waals surface area contributed by atoms with Crippen molar-refractivity contribution in [3.05, 3.63) is 27.2 Å². The van der Waals surface area contributed by atoms with Crippen LogP contribution < -0.4 is 5.73 Å². The molecular weight excluding hydrogens is 260 g/mol. The molecule has 1 unspecified atom stereocenters. The minimum Gasteiger partial charge on any atom is -0.506 e. The van der Waals surface area contributed by atoms with Crippen LogP contribution in [0.25, 0.3) is 0 Å². The van der Waals surface area contributed by atoms with Crippen LogP contribution in [-0.4, -0.2) is 11.7 Å². The van der Waals surface area contributed by atoms with E-state index in [9.17, 15) is 9.50 Å². The van der Waals surface area contributed by atoms with Crippen molar-refractivity contribution in [2.45, 2.75) is 6.17 Å². The first-order valence-electron chi connectivity index (χ1n) is 3.58. The number of halogens is 3. The minimum atomic E-state index is -1.39. The standard InChI is InChI=1S/C8H8BrClFNO/c9-6-2-4(10)1-5(8(6)13)7(11)3-12/h1-2,7,13H,3,12H2. The summed E-state index contributed by atoms with van der Waals surface area (Å²) in [5.74, 6) is -0.151. The second kappa shape index (κ2) is 4.26. The number of phenolic OH excluding ortho intramolecular Hbond substituents is 1. The van der Waals surface area contributed by atoms with Gasteiger partial charge in [0.15, 0.2) is 0 Å². The third kappa shape index (κ3) is 2.33. The summed E-state index contributed by atoms with van der Waals surface area (Å²) in [6, 6.07) is 2.85. The number of hydrogen-bond acceptors (Lipinski definition) is 2. The summed E-state index contributed by atoms with van der Waals surface area (Å²) in [4.78, 5) is 0. The summed E-state index contributed by atoms with van der Waals surface area (Å²) >= 11 is 8.73. The zero-order valence-corrected chi connectivity index (χ0v) is 8.94. The van der Waals surface area contributed by atoms with Crippen molar-refractivity contribution >= 4 is 27.5 Å². The fourth-order valence-corrected chi connectivity index (χ4v) is 1.79. The van der Waals surface area contributed by atoms with Crippen LogP contribution in [0.2, 0.25) is 5.02 Å². The summed E-state index contributed by atoms with van der Waals surface area (Å²) in [6.07, 6.45) is -1.39. The van der Waals surface area contributed by atoms with E-state index in [1.807, 2.05) is 0 Å². The maximum absolute atomic E-state index is 13.1. The normalized spacial score (nSPS) is 12.9. The number of hydrogen-bond donors (Lipinski definition) is 2. The molecule has 2 nitrogen and oxygen atoms in total. The van der Waals surface area contributed by atoms with Crippen LogP contribution in [0.15, 0.2) is 16.6 Å². The SMILES string of the molecule is NCC(F)c1cc(Cl)cc(Br)c1O. The molecule has 0 spiro atoms. The Kier molecular flexibility index (Phi) is 3.53. The molecule has 3 N–H and O–H groups in total. The van der Waals surface area contributed by atoms with E-state index in [4.69, 9.17) is 17.3 Å². The van der Waals surface area contributed by atoms with Gasteiger partial charge < -0.3 is 10.8 Å². The van der Waals surface area contributed by atoms with Crippen LogP contribution in [0.5, 0.6) is 5.75 Å². The summed E-state index contributed by atoms with van der Waals surface area (Å²) in [5.41, 5.74) is 5.24. The second-order valence-electron chi connectivity index (χ2n) is 2.53. The van der Waals surface area contributed by atoms with Crippen molar-refractivity contribution in [3.63, 3.8) is 0 Å². The molecule has 0 radical (unpaired) electrons. The predicted molar refractivity (Wildman–Crippen MR) is 53.7 cm³/mol. The Balaban J connectivity index is 3.20. The molecule has 0 saturated heterocycles. The average Bonchev–Trinajstić information content (AvgIpc) is 2.10. The molecule has 0 bridgehead atoms. The first-order valence-corrected chi connectivity index (χ1v) is 4.75. The summed E-state index contributed by atoms with van der Waals surface area (Å²) in [7, 11) is 0. The lowest BCUT2D eigenvalue weighted by molar-refractivity contribution is 0.337. The Morgan fingerprint density at radius 3 is 2.77 bits per heavy atom. The highest BCUT2D eigenvalue weighted by atomic mass is 79.9. The Morgan fingerprint density at radius 1 is 1.62 bits per heavy atom. The van der Waals surface area contributed by atoms with Gasteiger partial charge in [-0.2, -0.15) is 0 Å². The van der Waals surface area contributed by atoms with Crippen LogP contribution in [0, 0.1) is 0 Å². The molecule has 0 amide bonds. The average molecular weight is 269 g/mol. The van der Waals surface area contributed by atoms with Crippen molar-refractivity contribution < 1.29 is 9.50 Å². The summed E-state index contributed by atoms with van der Waals surface area (Å²) in [6.45, 7) is -0.180. The summed E-state index contributed by atoms with van der Waals surface area (Å²) in [5, 5.41) is 9.78. The Morgan fingerprint density at radius 2 is 2.23 bits per heavy atom. The molecule has 1 aromatic carbocycles. The van der Waals surface area contributed by atoms with E-state index in [-0.39, 0.29) is 17.9 Å². The van der Waals surface area contributed by atoms with Gasteiger partial charge in [-0.25, -0.2) is 4.39 Å². The van der Waals surface area contributed by atoms with Gasteiger partial charge in [0.1, 0.15) is 11.9 Å². The zero-order chi connectivity index (χ0) is 10.0. The van der Waals surface area contributed by atoms with E-state index in [1.54, 1.807) is 0 Å². The van der Waals surface area contributed by atoms with E-state index in [1.165, 1.54) is 12.1 Å². The van der Waals surface area contributed by atoms with Gasteiger partial charge in [0.05, 0.1) is 4.47 Å². The quantitative estimate of drug-likeness (QED) is 0.866. The van der Waals surface area contributed by atoms with Crippen molar-refractivity contribution in [2.75, 3.05) is 6.54 Å². The van der Waals surface area contributed by atoms with Gasteiger partial charge in [0, 0.05) is 17.1 Å². The van der Waals surface area contributed by atoms with Gasteiger partial charge in [0.2, 0.25) is 0 Å². The Labute approximate surface area is 88.6 Å². The van der Waals surface area contributed by atoms with Crippen LogP contribution >= 0.6 is 27.5 Å². The lowest BCUT2D eigenvalue weighted by Gasteiger charge is -2.09. The minimum absolute atomic E-state index is 0.113. The lowest BCUT2D eigenvalue weighted by atomic mass is 10.1. The molecule has 0 aliphatic heterocycles. The van der Waals surface area contributed by atoms with Gasteiger partial charge in [-0.3, -0.25) is 0 Å². The molecule has 72 valence electrons. The molecule has 5 heteroatoms. The fourth-order valence-electron chi connectivity index (χ4n) is 0.952. The molecule has 0 saturated carbocycles. The summed E-state index contributed by atoms with van der Waals surface area (Å²) < 4.78 is 13.5. The van der Waals surface area contributed by atoms with Crippen molar-refractivity contribution in [1.29, 1.82) is 0 Å². The molecule has 1 rings (SSSR count). The smallest absolute Gasteiger partial charge is 0.141 e. The van der Waals surface area contributed by atoms with E-state index in [0.717, 1.165) is 0 Å².